The molecule has 1 aromatic carbocycles. The molecule has 0 atom stereocenters. The molecule has 0 amide bonds. The molecule has 0 aliphatic rings. The summed E-state index contributed by atoms with van der Waals surface area (Å²) in [6, 6.07) is 7.77. The van der Waals surface area contributed by atoms with E-state index in [1.807, 2.05) is 31.2 Å². The zero-order valence-corrected chi connectivity index (χ0v) is 9.85. The standard InChI is InChI=1S/C7H7Cl.3CO.Cr/c1-6-4-2-3-5-7(6)8;3*1-2;/h2-5H,1H3;;;;. The van der Waals surface area contributed by atoms with E-state index in [1.165, 1.54) is 0 Å². The van der Waals surface area contributed by atoms with Crippen LogP contribution in [0.2, 0.25) is 5.02 Å². The molecule has 0 fully saturated rings. The number of benzene rings is 1. The van der Waals surface area contributed by atoms with Crippen molar-refractivity contribution >= 4 is 11.6 Å². The summed E-state index contributed by atoms with van der Waals surface area (Å²) < 4.78 is 22.5. The molecule has 0 aliphatic carbocycles. The summed E-state index contributed by atoms with van der Waals surface area (Å²) in [7, 11) is 0. The fourth-order valence-corrected chi connectivity index (χ4v) is 0.687. The quantitative estimate of drug-likeness (QED) is 0.510. The number of aryl methyl sites for hydroxylation is 1. The minimum absolute atomic E-state index is 0. The Morgan fingerprint density at radius 2 is 1.27 bits per heavy atom. The molecule has 0 aromatic heterocycles. The van der Waals surface area contributed by atoms with Crippen LogP contribution in [0.1, 0.15) is 5.56 Å². The van der Waals surface area contributed by atoms with Gasteiger partial charge in [-0.2, -0.15) is 0 Å². The van der Waals surface area contributed by atoms with Crippen LogP contribution in [0.25, 0.3) is 0 Å². The predicted octanol–water partition coefficient (Wildman–Crippen LogP) is 2.53. The SMILES string of the molecule is Cc1ccccc1Cl.[C-]#[O+].[C-]#[O+].[C-]#[O+].[Cr]. The Morgan fingerprint density at radius 1 is 0.933 bits per heavy atom. The van der Waals surface area contributed by atoms with Crippen LogP contribution in [0.3, 0.4) is 0 Å². The van der Waals surface area contributed by atoms with Gasteiger partial charge in [0.05, 0.1) is 0 Å². The zero-order chi connectivity index (χ0) is 12.0. The molecule has 0 saturated heterocycles. The molecule has 0 spiro atoms. The fourth-order valence-electron chi connectivity index (χ4n) is 0.551. The molecule has 1 rings (SSSR count). The van der Waals surface area contributed by atoms with Crippen LogP contribution in [0.15, 0.2) is 24.3 Å². The Morgan fingerprint density at radius 3 is 1.47 bits per heavy atom. The topological polar surface area (TPSA) is 59.7 Å². The van der Waals surface area contributed by atoms with E-state index in [0.717, 1.165) is 10.6 Å². The Kier molecular flexibility index (Phi) is 36.9. The Bertz CT molecular complexity index is 259. The van der Waals surface area contributed by atoms with Crippen molar-refractivity contribution in [2.75, 3.05) is 0 Å². The summed E-state index contributed by atoms with van der Waals surface area (Å²) in [5.74, 6) is 0. The van der Waals surface area contributed by atoms with Gasteiger partial charge in [-0.1, -0.05) is 29.8 Å². The summed E-state index contributed by atoms with van der Waals surface area (Å²) >= 11 is 5.71. The first-order valence-electron chi connectivity index (χ1n) is 3.13. The van der Waals surface area contributed by atoms with Crippen molar-refractivity contribution in [3.63, 3.8) is 0 Å². The van der Waals surface area contributed by atoms with Crippen molar-refractivity contribution in [1.29, 1.82) is 0 Å². The van der Waals surface area contributed by atoms with Crippen LogP contribution in [-0.2, 0) is 31.3 Å². The monoisotopic (exact) mass is 262 g/mol. The van der Waals surface area contributed by atoms with Gasteiger partial charge in [0.2, 0.25) is 0 Å². The van der Waals surface area contributed by atoms with Crippen molar-refractivity contribution in [2.24, 2.45) is 0 Å². The smallest absolute Gasteiger partial charge is 0 e. The van der Waals surface area contributed by atoms with E-state index in [9.17, 15) is 0 Å². The van der Waals surface area contributed by atoms with Crippen molar-refractivity contribution in [1.82, 2.24) is 0 Å². The van der Waals surface area contributed by atoms with Crippen LogP contribution in [0.5, 0.6) is 0 Å². The molecule has 0 unspecified atom stereocenters. The predicted molar refractivity (Wildman–Crippen MR) is 48.0 cm³/mol. The first-order valence-corrected chi connectivity index (χ1v) is 3.51. The van der Waals surface area contributed by atoms with Crippen LogP contribution < -0.4 is 0 Å². The molecule has 0 N–H and O–H groups in total. The van der Waals surface area contributed by atoms with Gasteiger partial charge in [0, 0.05) is 22.4 Å². The van der Waals surface area contributed by atoms with Crippen molar-refractivity contribution in [2.45, 2.75) is 6.92 Å². The average Bonchev–Trinajstić information content (AvgIpc) is 2.31. The summed E-state index contributed by atoms with van der Waals surface area (Å²) in [5, 5.41) is 0.840. The Labute approximate surface area is 105 Å². The third-order valence-electron chi connectivity index (χ3n) is 1.08. The van der Waals surface area contributed by atoms with Crippen LogP contribution >= 0.6 is 11.6 Å². The molecule has 3 nitrogen and oxygen atoms in total. The minimum Gasteiger partial charge on any atom is 0 e. The van der Waals surface area contributed by atoms with E-state index in [-0.39, 0.29) is 17.4 Å². The maximum atomic E-state index is 7.50. The van der Waals surface area contributed by atoms with E-state index in [4.69, 9.17) is 25.6 Å². The van der Waals surface area contributed by atoms with Crippen LogP contribution in [0.4, 0.5) is 0 Å². The van der Waals surface area contributed by atoms with E-state index in [1.54, 1.807) is 0 Å². The summed E-state index contributed by atoms with van der Waals surface area (Å²) in [4.78, 5) is 0. The molecular weight excluding hydrogens is 256 g/mol. The average molecular weight is 263 g/mol. The minimum atomic E-state index is 0. The molecule has 0 radical (unpaired) electrons. The van der Waals surface area contributed by atoms with Gasteiger partial charge in [-0.3, -0.25) is 0 Å². The molecule has 0 aliphatic heterocycles. The van der Waals surface area contributed by atoms with Gasteiger partial charge in [-0.25, -0.2) is 0 Å². The molecule has 78 valence electrons. The van der Waals surface area contributed by atoms with Gasteiger partial charge in [-0.05, 0) is 18.6 Å². The molecule has 0 heterocycles. The summed E-state index contributed by atoms with van der Waals surface area (Å²) in [6.45, 7) is 15.5. The fraction of sp³-hybridized carbons (Fsp3) is 0.100. The molecule has 5 heteroatoms. The molecule has 0 bridgehead atoms. The normalized spacial score (nSPS) is 5.33. The first-order chi connectivity index (χ1) is 6.80. The van der Waals surface area contributed by atoms with E-state index >= 15 is 0 Å². The molecule has 0 saturated carbocycles. The number of halogens is 1. The third-order valence-corrected chi connectivity index (χ3v) is 1.50. The molecule has 1 aromatic rings. The Balaban J connectivity index is -0.0000000755. The third kappa shape index (κ3) is 16.0. The summed E-state index contributed by atoms with van der Waals surface area (Å²) in [6.07, 6.45) is 0. The maximum absolute atomic E-state index is 7.50. The van der Waals surface area contributed by atoms with Crippen molar-refractivity contribution < 1.29 is 31.3 Å². The number of hydrogen-bond donors (Lipinski definition) is 0. The van der Waals surface area contributed by atoms with E-state index < -0.39 is 0 Å². The second-order valence-corrected chi connectivity index (χ2v) is 2.16. The summed E-state index contributed by atoms with van der Waals surface area (Å²) in [5.41, 5.74) is 1.13. The van der Waals surface area contributed by atoms with Gasteiger partial charge < -0.3 is 0 Å². The number of hydrogen-bond acceptors (Lipinski definition) is 0. The van der Waals surface area contributed by atoms with Crippen LogP contribution in [-0.4, -0.2) is 0 Å². The molecular formula is C10H7ClCrO3. The maximum Gasteiger partial charge on any atom is 0 e. The van der Waals surface area contributed by atoms with Gasteiger partial charge in [0.15, 0.2) is 0 Å². The van der Waals surface area contributed by atoms with Crippen molar-refractivity contribution in [3.05, 3.63) is 54.8 Å². The van der Waals surface area contributed by atoms with Gasteiger partial charge in [0.1, 0.15) is 0 Å². The van der Waals surface area contributed by atoms with E-state index in [2.05, 4.69) is 20.0 Å². The Hall–Kier alpha value is -0.738. The van der Waals surface area contributed by atoms with Crippen molar-refractivity contribution in [3.8, 4) is 0 Å². The second kappa shape index (κ2) is 23.2. The van der Waals surface area contributed by atoms with Crippen LogP contribution in [0, 0.1) is 26.9 Å². The largest absolute Gasteiger partial charge is 0 e. The van der Waals surface area contributed by atoms with Gasteiger partial charge in [-0.15, -0.1) is 0 Å². The molecule has 15 heavy (non-hydrogen) atoms. The number of rotatable bonds is 0. The van der Waals surface area contributed by atoms with Gasteiger partial charge >= 0.3 is 33.9 Å². The first kappa shape index (κ1) is 23.8. The van der Waals surface area contributed by atoms with E-state index in [0.29, 0.717) is 0 Å². The van der Waals surface area contributed by atoms with Gasteiger partial charge in [0.25, 0.3) is 0 Å². The second-order valence-electron chi connectivity index (χ2n) is 1.75. The zero-order valence-electron chi connectivity index (χ0n) is 7.82.